The molecule has 1 saturated carbocycles. The minimum atomic E-state index is -0.531. The number of anilines is 1. The van der Waals surface area contributed by atoms with Crippen molar-refractivity contribution in [3.8, 4) is 0 Å². The van der Waals surface area contributed by atoms with Crippen LogP contribution < -0.4 is 4.90 Å². The number of benzene rings is 1. The van der Waals surface area contributed by atoms with E-state index >= 15 is 0 Å². The Kier molecular flexibility index (Phi) is 5.56. The molecule has 0 bridgehead atoms. The number of nitrogens with zero attached hydrogens (tertiary/aromatic N) is 2. The van der Waals surface area contributed by atoms with Gasteiger partial charge in [0.05, 0.1) is 12.0 Å². The first-order chi connectivity index (χ1) is 14.9. The summed E-state index contributed by atoms with van der Waals surface area (Å²) in [7, 11) is 0. The molecule has 0 aromatic heterocycles. The largest absolute Gasteiger partial charge is 0.461 e. The number of aliphatic hydroxyl groups excluding tert-OH is 1. The van der Waals surface area contributed by atoms with Crippen LogP contribution in [0.5, 0.6) is 0 Å². The molecule has 2 saturated heterocycles. The zero-order valence-electron chi connectivity index (χ0n) is 18.5. The number of allylic oxidation sites excluding steroid dienone is 1. The minimum Gasteiger partial charge on any atom is -0.461 e. The molecular formula is C25H33ClN2O3. The summed E-state index contributed by atoms with van der Waals surface area (Å²) in [5, 5.41) is 12.3. The summed E-state index contributed by atoms with van der Waals surface area (Å²) in [5.74, 6) is -0.0609. The summed E-state index contributed by atoms with van der Waals surface area (Å²) < 4.78 is 5.83. The highest BCUT2D eigenvalue weighted by Crippen LogP contribution is 2.56. The standard InChI is InChI=1S/C25H33ClN2O3/c1-16-5-3-6-17-13-21-22(23(29)25(16,17)2)20(24(30)31-21)15-27-9-11-28(12-10-27)19-8-4-7-18(26)14-19/h4,6-8,14,16,20-23,29H,3,5,9-13,15H2,1-2H3/t16-,20-,21-,22+,23-,25-/m1/s1. The lowest BCUT2D eigenvalue weighted by atomic mass is 9.55. The highest BCUT2D eigenvalue weighted by atomic mass is 35.5. The number of rotatable bonds is 3. The Morgan fingerprint density at radius 3 is 2.77 bits per heavy atom. The molecule has 6 atom stereocenters. The van der Waals surface area contributed by atoms with Gasteiger partial charge in [-0.25, -0.2) is 0 Å². The normalized spacial score (nSPS) is 38.3. The van der Waals surface area contributed by atoms with Crippen LogP contribution in [0.4, 0.5) is 5.69 Å². The average molecular weight is 445 g/mol. The van der Waals surface area contributed by atoms with Gasteiger partial charge >= 0.3 is 5.97 Å². The molecule has 2 aliphatic heterocycles. The van der Waals surface area contributed by atoms with E-state index in [9.17, 15) is 9.90 Å². The van der Waals surface area contributed by atoms with Crippen LogP contribution in [0.2, 0.25) is 5.02 Å². The predicted octanol–water partition coefficient (Wildman–Crippen LogP) is 3.75. The van der Waals surface area contributed by atoms with E-state index in [4.69, 9.17) is 16.3 Å². The van der Waals surface area contributed by atoms with E-state index in [2.05, 4.69) is 35.8 Å². The van der Waals surface area contributed by atoms with Crippen LogP contribution in [0.3, 0.4) is 0 Å². The van der Waals surface area contributed by atoms with Gasteiger partial charge in [0.2, 0.25) is 0 Å². The molecule has 3 fully saturated rings. The average Bonchev–Trinajstić information content (AvgIpc) is 3.06. The van der Waals surface area contributed by atoms with Gasteiger partial charge in [-0.2, -0.15) is 0 Å². The van der Waals surface area contributed by atoms with Gasteiger partial charge in [-0.3, -0.25) is 9.69 Å². The van der Waals surface area contributed by atoms with Crippen LogP contribution in [0.1, 0.15) is 33.1 Å². The summed E-state index contributed by atoms with van der Waals surface area (Å²) in [6.07, 6.45) is 4.52. The maximum Gasteiger partial charge on any atom is 0.311 e. The van der Waals surface area contributed by atoms with Crippen LogP contribution >= 0.6 is 11.6 Å². The number of aliphatic hydroxyl groups is 1. The van der Waals surface area contributed by atoms with Gasteiger partial charge in [0.15, 0.2) is 0 Å². The number of carbonyl (C=O) groups excluding carboxylic acids is 1. The number of fused-ring (bicyclic) bond motifs is 2. The minimum absolute atomic E-state index is 0.110. The quantitative estimate of drug-likeness (QED) is 0.568. The van der Waals surface area contributed by atoms with E-state index in [0.717, 1.165) is 56.2 Å². The molecule has 0 spiro atoms. The van der Waals surface area contributed by atoms with Crippen molar-refractivity contribution >= 4 is 23.3 Å². The molecule has 6 heteroatoms. The van der Waals surface area contributed by atoms with Gasteiger partial charge in [0.1, 0.15) is 6.10 Å². The van der Waals surface area contributed by atoms with E-state index in [0.29, 0.717) is 12.5 Å². The number of halogens is 1. The number of esters is 1. The van der Waals surface area contributed by atoms with E-state index in [1.807, 2.05) is 18.2 Å². The second-order valence-corrected chi connectivity index (χ2v) is 10.5. The van der Waals surface area contributed by atoms with Crippen LogP contribution in [0.25, 0.3) is 0 Å². The van der Waals surface area contributed by atoms with Gasteiger partial charge in [0, 0.05) is 61.2 Å². The Morgan fingerprint density at radius 2 is 2.03 bits per heavy atom. The molecule has 1 N–H and O–H groups in total. The molecule has 168 valence electrons. The van der Waals surface area contributed by atoms with Gasteiger partial charge in [0.25, 0.3) is 0 Å². The molecule has 0 amide bonds. The summed E-state index contributed by atoms with van der Waals surface area (Å²) >= 11 is 6.15. The number of hydrogen-bond donors (Lipinski definition) is 1. The molecule has 5 nitrogen and oxygen atoms in total. The lowest BCUT2D eigenvalue weighted by Gasteiger charge is -2.52. The van der Waals surface area contributed by atoms with Gasteiger partial charge < -0.3 is 14.7 Å². The smallest absolute Gasteiger partial charge is 0.311 e. The Morgan fingerprint density at radius 1 is 1.26 bits per heavy atom. The Labute approximate surface area is 190 Å². The maximum atomic E-state index is 12.9. The van der Waals surface area contributed by atoms with Gasteiger partial charge in [-0.1, -0.05) is 43.2 Å². The monoisotopic (exact) mass is 444 g/mol. The summed E-state index contributed by atoms with van der Waals surface area (Å²) in [5.41, 5.74) is 2.20. The van der Waals surface area contributed by atoms with E-state index in [1.165, 1.54) is 5.57 Å². The third kappa shape index (κ3) is 3.59. The predicted molar refractivity (Wildman–Crippen MR) is 122 cm³/mol. The molecule has 1 aromatic carbocycles. The topological polar surface area (TPSA) is 53.0 Å². The Bertz CT molecular complexity index is 881. The summed E-state index contributed by atoms with van der Waals surface area (Å²) in [6.45, 7) is 8.71. The lowest BCUT2D eigenvalue weighted by molar-refractivity contribution is -0.145. The number of hydrogen-bond acceptors (Lipinski definition) is 5. The molecule has 0 unspecified atom stereocenters. The molecule has 4 aliphatic rings. The van der Waals surface area contributed by atoms with Crippen LogP contribution in [-0.2, 0) is 9.53 Å². The highest BCUT2D eigenvalue weighted by Gasteiger charge is 2.59. The SMILES string of the molecule is C[C@@H]1CCC=C2C[C@H]3OC(=O)[C@H](CN4CCN(c5cccc(Cl)c5)CC4)[C@@H]3[C@@H](O)[C@@]21C. The number of carbonyl (C=O) groups is 1. The van der Waals surface area contributed by atoms with Crippen molar-refractivity contribution in [3.05, 3.63) is 40.9 Å². The van der Waals surface area contributed by atoms with Crippen molar-refractivity contribution in [2.75, 3.05) is 37.6 Å². The van der Waals surface area contributed by atoms with E-state index in [-0.39, 0.29) is 29.3 Å². The third-order valence-corrected chi connectivity index (χ3v) is 8.81. The number of piperazine rings is 1. The van der Waals surface area contributed by atoms with E-state index in [1.54, 1.807) is 0 Å². The van der Waals surface area contributed by atoms with Crippen LogP contribution in [-0.4, -0.2) is 60.9 Å². The summed E-state index contributed by atoms with van der Waals surface area (Å²) in [4.78, 5) is 17.6. The first-order valence-corrected chi connectivity index (χ1v) is 12.1. The summed E-state index contributed by atoms with van der Waals surface area (Å²) in [6, 6.07) is 7.98. The van der Waals surface area contributed by atoms with Crippen molar-refractivity contribution in [1.82, 2.24) is 4.90 Å². The fraction of sp³-hybridized carbons (Fsp3) is 0.640. The lowest BCUT2D eigenvalue weighted by Crippen LogP contribution is -2.55. The Balaban J connectivity index is 1.28. The zero-order valence-corrected chi connectivity index (χ0v) is 19.2. The molecule has 0 radical (unpaired) electrons. The fourth-order valence-corrected chi connectivity index (χ4v) is 6.60. The van der Waals surface area contributed by atoms with Gasteiger partial charge in [-0.05, 0) is 37.0 Å². The molecular weight excluding hydrogens is 412 g/mol. The van der Waals surface area contributed by atoms with Crippen molar-refractivity contribution < 1.29 is 14.6 Å². The van der Waals surface area contributed by atoms with Gasteiger partial charge in [-0.15, -0.1) is 0 Å². The highest BCUT2D eigenvalue weighted by molar-refractivity contribution is 6.30. The van der Waals surface area contributed by atoms with Crippen molar-refractivity contribution in [2.24, 2.45) is 23.2 Å². The molecule has 5 rings (SSSR count). The fourth-order valence-electron chi connectivity index (χ4n) is 6.41. The van der Waals surface area contributed by atoms with Crippen molar-refractivity contribution in [3.63, 3.8) is 0 Å². The van der Waals surface area contributed by atoms with E-state index < -0.39 is 6.10 Å². The first-order valence-electron chi connectivity index (χ1n) is 11.7. The molecule has 1 aromatic rings. The zero-order chi connectivity index (χ0) is 21.8. The Hall–Kier alpha value is -1.56. The van der Waals surface area contributed by atoms with Crippen molar-refractivity contribution in [1.29, 1.82) is 0 Å². The first kappa shape index (κ1) is 21.3. The number of ether oxygens (including phenoxy) is 1. The maximum absolute atomic E-state index is 12.9. The second kappa shape index (κ2) is 8.09. The molecule has 31 heavy (non-hydrogen) atoms. The van der Waals surface area contributed by atoms with Crippen LogP contribution in [0.15, 0.2) is 35.9 Å². The van der Waals surface area contributed by atoms with Crippen LogP contribution in [0, 0.1) is 23.2 Å². The third-order valence-electron chi connectivity index (χ3n) is 8.57. The molecule has 2 aliphatic carbocycles. The van der Waals surface area contributed by atoms with Crippen molar-refractivity contribution in [2.45, 2.75) is 45.3 Å². The molecule has 2 heterocycles. The second-order valence-electron chi connectivity index (χ2n) is 10.1.